The Morgan fingerprint density at radius 1 is 0.784 bits per heavy atom. The van der Waals surface area contributed by atoms with Crippen LogP contribution >= 0.6 is 0 Å². The quantitative estimate of drug-likeness (QED) is 0.199. The van der Waals surface area contributed by atoms with Crippen LogP contribution in [0.25, 0.3) is 0 Å². The van der Waals surface area contributed by atoms with Crippen LogP contribution in [0.5, 0.6) is 0 Å². The van der Waals surface area contributed by atoms with Gasteiger partial charge < -0.3 is 5.32 Å². The molecule has 1 aliphatic rings. The number of sulfonamides is 1. The maximum absolute atomic E-state index is 13.5. The van der Waals surface area contributed by atoms with Gasteiger partial charge in [0.1, 0.15) is 0 Å². The first-order valence-corrected chi connectivity index (χ1v) is 15.0. The first-order valence-electron chi connectivity index (χ1n) is 13.5. The van der Waals surface area contributed by atoms with E-state index < -0.39 is 16.1 Å². The van der Waals surface area contributed by atoms with E-state index in [-0.39, 0.29) is 10.9 Å². The molecule has 0 saturated heterocycles. The van der Waals surface area contributed by atoms with E-state index in [9.17, 15) is 8.42 Å². The maximum Gasteiger partial charge on any atom is 0.241 e. The Labute approximate surface area is 223 Å². The topological polar surface area (TPSA) is 58.2 Å². The number of hydrogen-bond donors (Lipinski definition) is 2. The zero-order valence-corrected chi connectivity index (χ0v) is 22.8. The van der Waals surface area contributed by atoms with Crippen LogP contribution in [-0.4, -0.2) is 15.0 Å². The predicted octanol–water partition coefficient (Wildman–Crippen LogP) is 7.12. The number of unbranched alkanes of at least 4 members (excludes halogenated alkanes) is 1. The van der Waals surface area contributed by atoms with Crippen LogP contribution < -0.4 is 10.0 Å². The summed E-state index contributed by atoms with van der Waals surface area (Å²) >= 11 is 0. The Kier molecular flexibility index (Phi) is 9.73. The molecule has 0 aliphatic heterocycles. The lowest BCUT2D eigenvalue weighted by molar-refractivity contribution is 0.402. The number of allylic oxidation sites excluding steroid dienone is 2. The zero-order valence-electron chi connectivity index (χ0n) is 22.0. The number of benzene rings is 3. The third-order valence-electron chi connectivity index (χ3n) is 7.33. The minimum absolute atomic E-state index is 0.209. The standard InChI is InChI=1S/C32H40N2O2S/c1-25-16-20-27(21-17-25)11-9-10-24-33-31(28-12-5-3-6-13-28)32(29-14-7-4-8-15-29)34-37(35,36)30-22-18-26(2)19-23-30/h3-8,12-16,18-20,22-23,25,27,31-34H,9-11,17,21,24H2,1-2H3/t25-,27+,31+,32+/m0/s1. The minimum atomic E-state index is -3.73. The lowest BCUT2D eigenvalue weighted by Crippen LogP contribution is -2.39. The fourth-order valence-electron chi connectivity index (χ4n) is 5.08. The highest BCUT2D eigenvalue weighted by Crippen LogP contribution is 2.31. The van der Waals surface area contributed by atoms with Gasteiger partial charge in [-0.15, -0.1) is 0 Å². The molecule has 0 heterocycles. The first-order chi connectivity index (χ1) is 17.9. The van der Waals surface area contributed by atoms with E-state index in [2.05, 4.69) is 41.2 Å². The van der Waals surface area contributed by atoms with Gasteiger partial charge >= 0.3 is 0 Å². The molecule has 4 nitrogen and oxygen atoms in total. The van der Waals surface area contributed by atoms with Crippen LogP contribution in [0.4, 0.5) is 0 Å². The van der Waals surface area contributed by atoms with Crippen molar-refractivity contribution in [3.8, 4) is 0 Å². The maximum atomic E-state index is 13.5. The predicted molar refractivity (Wildman–Crippen MR) is 153 cm³/mol. The summed E-state index contributed by atoms with van der Waals surface area (Å²) in [6.45, 7) is 5.07. The lowest BCUT2D eigenvalue weighted by atomic mass is 9.86. The monoisotopic (exact) mass is 516 g/mol. The Bertz CT molecular complexity index is 1220. The van der Waals surface area contributed by atoms with Crippen molar-refractivity contribution in [3.63, 3.8) is 0 Å². The van der Waals surface area contributed by atoms with Crippen LogP contribution in [0.2, 0.25) is 0 Å². The molecule has 0 aromatic heterocycles. The SMILES string of the molecule is Cc1ccc(S(=O)(=O)N[C@H](c2ccccc2)[C@H](NCCCC[C@@H]2C=C[C@H](C)CC2)c2ccccc2)cc1. The average molecular weight is 517 g/mol. The minimum Gasteiger partial charge on any atom is -0.308 e. The van der Waals surface area contributed by atoms with Crippen LogP contribution in [0, 0.1) is 18.8 Å². The average Bonchev–Trinajstić information content (AvgIpc) is 2.92. The molecule has 0 amide bonds. The molecule has 1 aliphatic carbocycles. The summed E-state index contributed by atoms with van der Waals surface area (Å²) in [4.78, 5) is 0.278. The molecule has 0 radical (unpaired) electrons. The van der Waals surface area contributed by atoms with Crippen molar-refractivity contribution in [2.45, 2.75) is 62.9 Å². The summed E-state index contributed by atoms with van der Waals surface area (Å²) in [7, 11) is -3.73. The number of aryl methyl sites for hydroxylation is 1. The van der Waals surface area contributed by atoms with Gasteiger partial charge in [0, 0.05) is 0 Å². The molecule has 196 valence electrons. The van der Waals surface area contributed by atoms with E-state index in [0.717, 1.165) is 36.1 Å². The van der Waals surface area contributed by atoms with Crippen molar-refractivity contribution in [2.75, 3.05) is 6.54 Å². The summed E-state index contributed by atoms with van der Waals surface area (Å²) in [5.41, 5.74) is 3.02. The Morgan fingerprint density at radius 2 is 1.41 bits per heavy atom. The van der Waals surface area contributed by atoms with Gasteiger partial charge in [-0.25, -0.2) is 13.1 Å². The van der Waals surface area contributed by atoms with Gasteiger partial charge in [-0.3, -0.25) is 0 Å². The molecular formula is C32H40N2O2S. The van der Waals surface area contributed by atoms with Crippen molar-refractivity contribution in [2.24, 2.45) is 11.8 Å². The zero-order chi connectivity index (χ0) is 26.1. The second-order valence-corrected chi connectivity index (χ2v) is 12.1. The van der Waals surface area contributed by atoms with E-state index in [4.69, 9.17) is 0 Å². The summed E-state index contributed by atoms with van der Waals surface area (Å²) < 4.78 is 30.0. The number of nitrogens with one attached hydrogen (secondary N) is 2. The van der Waals surface area contributed by atoms with Crippen LogP contribution in [0.15, 0.2) is 102 Å². The van der Waals surface area contributed by atoms with E-state index in [0.29, 0.717) is 11.8 Å². The normalized spacial score (nSPS) is 19.4. The Balaban J connectivity index is 1.52. The molecule has 2 N–H and O–H groups in total. The molecule has 5 heteroatoms. The van der Waals surface area contributed by atoms with Crippen molar-refractivity contribution in [3.05, 3.63) is 114 Å². The van der Waals surface area contributed by atoms with Crippen molar-refractivity contribution < 1.29 is 8.42 Å². The highest BCUT2D eigenvalue weighted by atomic mass is 32.2. The van der Waals surface area contributed by atoms with Gasteiger partial charge in [-0.2, -0.15) is 0 Å². The molecule has 0 spiro atoms. The van der Waals surface area contributed by atoms with Gasteiger partial charge in [0.2, 0.25) is 10.0 Å². The van der Waals surface area contributed by atoms with Gasteiger partial charge in [0.05, 0.1) is 17.0 Å². The third kappa shape index (κ3) is 7.88. The summed E-state index contributed by atoms with van der Waals surface area (Å²) in [6, 6.07) is 26.4. The highest BCUT2D eigenvalue weighted by molar-refractivity contribution is 7.89. The highest BCUT2D eigenvalue weighted by Gasteiger charge is 2.29. The van der Waals surface area contributed by atoms with E-state index >= 15 is 0 Å². The molecule has 3 aromatic rings. The third-order valence-corrected chi connectivity index (χ3v) is 8.79. The van der Waals surface area contributed by atoms with Crippen molar-refractivity contribution in [1.82, 2.24) is 10.0 Å². The molecule has 4 rings (SSSR count). The second kappa shape index (κ2) is 13.2. The summed E-state index contributed by atoms with van der Waals surface area (Å²) in [5, 5.41) is 3.72. The summed E-state index contributed by atoms with van der Waals surface area (Å²) in [6.07, 6.45) is 10.8. The van der Waals surface area contributed by atoms with Crippen molar-refractivity contribution >= 4 is 10.0 Å². The van der Waals surface area contributed by atoms with Gasteiger partial charge in [-0.05, 0) is 74.2 Å². The van der Waals surface area contributed by atoms with E-state index in [1.807, 2.05) is 67.6 Å². The molecule has 0 fully saturated rings. The van der Waals surface area contributed by atoms with E-state index in [1.54, 1.807) is 12.1 Å². The van der Waals surface area contributed by atoms with Crippen LogP contribution in [0.3, 0.4) is 0 Å². The molecule has 4 atom stereocenters. The Morgan fingerprint density at radius 3 is 2.00 bits per heavy atom. The molecule has 0 unspecified atom stereocenters. The van der Waals surface area contributed by atoms with Gasteiger partial charge in [0.15, 0.2) is 0 Å². The molecular weight excluding hydrogens is 476 g/mol. The Hall–Kier alpha value is -2.73. The van der Waals surface area contributed by atoms with Crippen LogP contribution in [0.1, 0.15) is 67.8 Å². The fraction of sp³-hybridized carbons (Fsp3) is 0.375. The number of hydrogen-bond acceptors (Lipinski definition) is 3. The second-order valence-electron chi connectivity index (χ2n) is 10.4. The van der Waals surface area contributed by atoms with Crippen LogP contribution in [-0.2, 0) is 10.0 Å². The molecule has 0 saturated carbocycles. The van der Waals surface area contributed by atoms with Gasteiger partial charge in [0.25, 0.3) is 0 Å². The largest absolute Gasteiger partial charge is 0.308 e. The summed E-state index contributed by atoms with van der Waals surface area (Å²) in [5.74, 6) is 1.41. The first kappa shape index (κ1) is 27.3. The molecule has 37 heavy (non-hydrogen) atoms. The van der Waals surface area contributed by atoms with E-state index in [1.165, 1.54) is 19.3 Å². The van der Waals surface area contributed by atoms with Crippen molar-refractivity contribution in [1.29, 1.82) is 0 Å². The van der Waals surface area contributed by atoms with Gasteiger partial charge in [-0.1, -0.05) is 104 Å². The number of rotatable bonds is 12. The molecule has 0 bridgehead atoms. The molecule has 3 aromatic carbocycles. The fourth-order valence-corrected chi connectivity index (χ4v) is 6.31. The smallest absolute Gasteiger partial charge is 0.241 e. The lowest BCUT2D eigenvalue weighted by Gasteiger charge is -2.30.